The van der Waals surface area contributed by atoms with Crippen LogP contribution in [0.1, 0.15) is 64.7 Å². The predicted molar refractivity (Wildman–Crippen MR) is 94.5 cm³/mol. The maximum atomic E-state index is 12.7. The molecule has 1 saturated heterocycles. The predicted octanol–water partition coefficient (Wildman–Crippen LogP) is 2.06. The Morgan fingerprint density at radius 3 is 2.46 bits per heavy atom. The molecule has 1 unspecified atom stereocenters. The van der Waals surface area contributed by atoms with Crippen molar-refractivity contribution >= 4 is 11.8 Å². The lowest BCUT2D eigenvalue weighted by molar-refractivity contribution is -0.139. The summed E-state index contributed by atoms with van der Waals surface area (Å²) < 4.78 is 0. The molecule has 24 heavy (non-hydrogen) atoms. The van der Waals surface area contributed by atoms with Gasteiger partial charge in [0.2, 0.25) is 11.8 Å². The highest BCUT2D eigenvalue weighted by molar-refractivity contribution is 5.79. The van der Waals surface area contributed by atoms with E-state index in [4.69, 9.17) is 0 Å². The SMILES string of the molecule is CC1CNCCN1C(=O)C1CCC(NC(=O)CC2CCCC2)CC1. The molecule has 136 valence electrons. The topological polar surface area (TPSA) is 61.4 Å². The van der Waals surface area contributed by atoms with Crippen LogP contribution in [-0.2, 0) is 9.59 Å². The lowest BCUT2D eigenvalue weighted by Gasteiger charge is -2.38. The maximum Gasteiger partial charge on any atom is 0.226 e. The second-order valence-electron chi connectivity index (χ2n) is 8.06. The average molecular weight is 335 g/mol. The van der Waals surface area contributed by atoms with Crippen LogP contribution >= 0.6 is 0 Å². The zero-order valence-electron chi connectivity index (χ0n) is 15.1. The lowest BCUT2D eigenvalue weighted by atomic mass is 9.84. The number of rotatable bonds is 4. The summed E-state index contributed by atoms with van der Waals surface area (Å²) in [5, 5.41) is 6.56. The third kappa shape index (κ3) is 4.50. The smallest absolute Gasteiger partial charge is 0.226 e. The second-order valence-corrected chi connectivity index (χ2v) is 8.06. The normalized spacial score (nSPS) is 31.9. The molecule has 2 aliphatic carbocycles. The van der Waals surface area contributed by atoms with Crippen molar-refractivity contribution in [2.45, 2.75) is 76.8 Å². The van der Waals surface area contributed by atoms with Crippen LogP contribution in [0.4, 0.5) is 0 Å². The van der Waals surface area contributed by atoms with Crippen LogP contribution in [0.25, 0.3) is 0 Å². The van der Waals surface area contributed by atoms with Crippen LogP contribution in [0, 0.1) is 11.8 Å². The summed E-state index contributed by atoms with van der Waals surface area (Å²) in [5.74, 6) is 1.33. The van der Waals surface area contributed by atoms with Gasteiger partial charge in [-0.2, -0.15) is 0 Å². The summed E-state index contributed by atoms with van der Waals surface area (Å²) in [6, 6.07) is 0.582. The van der Waals surface area contributed by atoms with E-state index < -0.39 is 0 Å². The molecule has 3 aliphatic rings. The molecule has 0 radical (unpaired) electrons. The van der Waals surface area contributed by atoms with Crippen LogP contribution in [0.5, 0.6) is 0 Å². The molecule has 2 saturated carbocycles. The van der Waals surface area contributed by atoms with Gasteiger partial charge in [0, 0.05) is 44.1 Å². The molecule has 1 aliphatic heterocycles. The van der Waals surface area contributed by atoms with E-state index in [2.05, 4.69) is 22.5 Å². The maximum absolute atomic E-state index is 12.7. The average Bonchev–Trinajstić information content (AvgIpc) is 3.08. The van der Waals surface area contributed by atoms with E-state index in [9.17, 15) is 9.59 Å². The summed E-state index contributed by atoms with van der Waals surface area (Å²) in [7, 11) is 0. The third-order valence-corrected chi connectivity index (χ3v) is 6.17. The van der Waals surface area contributed by atoms with E-state index >= 15 is 0 Å². The van der Waals surface area contributed by atoms with E-state index in [1.54, 1.807) is 0 Å². The molecule has 3 rings (SSSR count). The molecule has 0 spiro atoms. The van der Waals surface area contributed by atoms with Gasteiger partial charge in [-0.05, 0) is 51.4 Å². The summed E-state index contributed by atoms with van der Waals surface area (Å²) in [6.07, 6.45) is 9.46. The standard InChI is InChI=1S/C19H33N3O2/c1-14-13-20-10-11-22(14)19(24)16-6-8-17(9-7-16)21-18(23)12-15-4-2-3-5-15/h14-17,20H,2-13H2,1H3,(H,21,23). The minimum atomic E-state index is 0.161. The molecular formula is C19H33N3O2. The number of carbonyl (C=O) groups excluding carboxylic acids is 2. The number of nitrogens with one attached hydrogen (secondary N) is 2. The molecule has 0 aromatic rings. The van der Waals surface area contributed by atoms with Crippen molar-refractivity contribution in [3.05, 3.63) is 0 Å². The van der Waals surface area contributed by atoms with E-state index in [1.807, 2.05) is 0 Å². The Bertz CT molecular complexity index is 440. The number of piperazine rings is 1. The molecule has 0 aromatic heterocycles. The molecule has 5 nitrogen and oxygen atoms in total. The molecule has 0 bridgehead atoms. The highest BCUT2D eigenvalue weighted by Gasteiger charge is 2.32. The van der Waals surface area contributed by atoms with Crippen molar-refractivity contribution in [2.75, 3.05) is 19.6 Å². The molecule has 1 atom stereocenters. The first-order valence-electron chi connectivity index (χ1n) is 9.94. The van der Waals surface area contributed by atoms with Crippen LogP contribution in [-0.4, -0.2) is 48.4 Å². The largest absolute Gasteiger partial charge is 0.353 e. The Labute approximate surface area is 145 Å². The van der Waals surface area contributed by atoms with E-state index in [-0.39, 0.29) is 17.9 Å². The lowest BCUT2D eigenvalue weighted by Crippen LogP contribution is -2.54. The molecule has 0 aromatic carbocycles. The monoisotopic (exact) mass is 335 g/mol. The van der Waals surface area contributed by atoms with Gasteiger partial charge in [-0.1, -0.05) is 12.8 Å². The number of nitrogens with zero attached hydrogens (tertiary/aromatic N) is 1. The molecule has 1 heterocycles. The Hall–Kier alpha value is -1.10. The fourth-order valence-corrected chi connectivity index (χ4v) is 4.65. The third-order valence-electron chi connectivity index (χ3n) is 6.17. The quantitative estimate of drug-likeness (QED) is 0.827. The van der Waals surface area contributed by atoms with Gasteiger partial charge in [-0.15, -0.1) is 0 Å². The van der Waals surface area contributed by atoms with Gasteiger partial charge >= 0.3 is 0 Å². The minimum Gasteiger partial charge on any atom is -0.353 e. The molecule has 5 heteroatoms. The first kappa shape index (κ1) is 17.7. The zero-order chi connectivity index (χ0) is 16.9. The van der Waals surface area contributed by atoms with Crippen LogP contribution in [0.3, 0.4) is 0 Å². The summed E-state index contributed by atoms with van der Waals surface area (Å²) >= 11 is 0. The van der Waals surface area contributed by atoms with E-state index in [0.29, 0.717) is 24.3 Å². The number of hydrogen-bond donors (Lipinski definition) is 2. The second kappa shape index (κ2) is 8.32. The van der Waals surface area contributed by atoms with Gasteiger partial charge in [0.05, 0.1) is 0 Å². The Balaban J connectivity index is 1.40. The Morgan fingerprint density at radius 2 is 1.79 bits per heavy atom. The Kier molecular flexibility index (Phi) is 6.14. The molecule has 2 amide bonds. The summed E-state index contributed by atoms with van der Waals surface area (Å²) in [5.41, 5.74) is 0. The zero-order valence-corrected chi connectivity index (χ0v) is 15.1. The van der Waals surface area contributed by atoms with Crippen molar-refractivity contribution in [3.63, 3.8) is 0 Å². The molecular weight excluding hydrogens is 302 g/mol. The minimum absolute atomic E-state index is 0.161. The summed E-state index contributed by atoms with van der Waals surface area (Å²) in [4.78, 5) is 27.0. The van der Waals surface area contributed by atoms with Crippen molar-refractivity contribution in [1.82, 2.24) is 15.5 Å². The first-order valence-corrected chi connectivity index (χ1v) is 9.94. The van der Waals surface area contributed by atoms with Gasteiger partial charge in [0.1, 0.15) is 0 Å². The highest BCUT2D eigenvalue weighted by Crippen LogP contribution is 2.29. The Morgan fingerprint density at radius 1 is 1.08 bits per heavy atom. The van der Waals surface area contributed by atoms with Gasteiger partial charge in [0.25, 0.3) is 0 Å². The van der Waals surface area contributed by atoms with Gasteiger partial charge in [0.15, 0.2) is 0 Å². The van der Waals surface area contributed by atoms with Crippen molar-refractivity contribution in [1.29, 1.82) is 0 Å². The van der Waals surface area contributed by atoms with Crippen LogP contribution < -0.4 is 10.6 Å². The fraction of sp³-hybridized carbons (Fsp3) is 0.895. The first-order chi connectivity index (χ1) is 11.6. The number of amides is 2. The number of hydrogen-bond acceptors (Lipinski definition) is 3. The van der Waals surface area contributed by atoms with E-state index in [1.165, 1.54) is 25.7 Å². The van der Waals surface area contributed by atoms with E-state index in [0.717, 1.165) is 45.3 Å². The van der Waals surface area contributed by atoms with Crippen molar-refractivity contribution in [2.24, 2.45) is 11.8 Å². The highest BCUT2D eigenvalue weighted by atomic mass is 16.2. The molecule has 2 N–H and O–H groups in total. The van der Waals surface area contributed by atoms with Crippen LogP contribution in [0.15, 0.2) is 0 Å². The van der Waals surface area contributed by atoms with Crippen molar-refractivity contribution < 1.29 is 9.59 Å². The van der Waals surface area contributed by atoms with Crippen molar-refractivity contribution in [3.8, 4) is 0 Å². The summed E-state index contributed by atoms with van der Waals surface area (Å²) in [6.45, 7) is 4.76. The van der Waals surface area contributed by atoms with Gasteiger partial charge in [-0.25, -0.2) is 0 Å². The van der Waals surface area contributed by atoms with Gasteiger partial charge < -0.3 is 15.5 Å². The fourth-order valence-electron chi connectivity index (χ4n) is 4.65. The number of carbonyl (C=O) groups is 2. The molecule has 3 fully saturated rings. The van der Waals surface area contributed by atoms with Crippen LogP contribution in [0.2, 0.25) is 0 Å². The van der Waals surface area contributed by atoms with Gasteiger partial charge in [-0.3, -0.25) is 9.59 Å².